The molecule has 0 amide bonds. The van der Waals surface area contributed by atoms with Gasteiger partial charge in [0.25, 0.3) is 0 Å². The van der Waals surface area contributed by atoms with E-state index in [1.165, 1.54) is 0 Å². The Morgan fingerprint density at radius 2 is 2.17 bits per heavy atom. The fourth-order valence-corrected chi connectivity index (χ4v) is 0.848. The zero-order valence-corrected chi connectivity index (χ0v) is 6.95. The second-order valence-corrected chi connectivity index (χ2v) is 3.00. The lowest BCUT2D eigenvalue weighted by Crippen LogP contribution is -2.36. The molecule has 68 valence electrons. The summed E-state index contributed by atoms with van der Waals surface area (Å²) in [4.78, 5) is 0. The summed E-state index contributed by atoms with van der Waals surface area (Å²) in [5.74, 6) is 0.934. The fraction of sp³-hybridized carbons (Fsp3) is 0.500. The molecule has 12 heavy (non-hydrogen) atoms. The minimum Gasteiger partial charge on any atom is -0.462 e. The van der Waals surface area contributed by atoms with Gasteiger partial charge in [0.15, 0.2) is 0 Å². The fourth-order valence-electron chi connectivity index (χ4n) is 0.848. The van der Waals surface area contributed by atoms with Crippen LogP contribution in [0.5, 0.6) is 0 Å². The summed E-state index contributed by atoms with van der Waals surface area (Å²) in [5, 5.41) is 17.6. The minimum absolute atomic E-state index is 0.151. The largest absolute Gasteiger partial charge is 0.462 e. The van der Waals surface area contributed by atoms with Crippen LogP contribution in [0, 0.1) is 0 Å². The molecule has 0 fully saturated rings. The molecule has 1 aromatic heterocycles. The highest BCUT2D eigenvalue weighted by Crippen LogP contribution is 2.19. The van der Waals surface area contributed by atoms with Gasteiger partial charge in [-0.2, -0.15) is 0 Å². The molecule has 0 aliphatic carbocycles. The molecular weight excluding hydrogens is 158 g/mol. The smallest absolute Gasteiger partial charge is 0.129 e. The van der Waals surface area contributed by atoms with Gasteiger partial charge >= 0.3 is 0 Å². The van der Waals surface area contributed by atoms with Gasteiger partial charge in [-0.25, -0.2) is 0 Å². The van der Waals surface area contributed by atoms with E-state index < -0.39 is 5.54 Å². The maximum Gasteiger partial charge on any atom is 0.129 e. The van der Waals surface area contributed by atoms with E-state index in [9.17, 15) is 0 Å². The van der Waals surface area contributed by atoms with E-state index in [0.29, 0.717) is 11.5 Å². The Kier molecular flexibility index (Phi) is 2.52. The van der Waals surface area contributed by atoms with Crippen LogP contribution in [0.3, 0.4) is 0 Å². The summed E-state index contributed by atoms with van der Waals surface area (Å²) in [5.41, 5.74) is 4.81. The third-order valence-electron chi connectivity index (χ3n) is 1.71. The summed E-state index contributed by atoms with van der Waals surface area (Å²) < 4.78 is 5.15. The van der Waals surface area contributed by atoms with Gasteiger partial charge in [-0.1, -0.05) is 0 Å². The Hall–Kier alpha value is -0.840. The Balaban J connectivity index is 2.88. The minimum atomic E-state index is -0.868. The maximum absolute atomic E-state index is 8.88. The Morgan fingerprint density at radius 1 is 1.50 bits per heavy atom. The average molecular weight is 171 g/mol. The number of aliphatic hydroxyl groups excluding tert-OH is 2. The molecular formula is C8H13NO3. The molecule has 0 bridgehead atoms. The summed E-state index contributed by atoms with van der Waals surface area (Å²) in [6, 6.07) is 3.29. The van der Waals surface area contributed by atoms with Crippen molar-refractivity contribution in [3.8, 4) is 0 Å². The van der Waals surface area contributed by atoms with Gasteiger partial charge in [-0.15, -0.1) is 0 Å². The topological polar surface area (TPSA) is 79.6 Å². The number of hydrogen-bond acceptors (Lipinski definition) is 4. The van der Waals surface area contributed by atoms with Crippen molar-refractivity contribution in [1.82, 2.24) is 0 Å². The molecule has 1 atom stereocenters. The highest BCUT2D eigenvalue weighted by Gasteiger charge is 2.23. The van der Waals surface area contributed by atoms with Crippen LogP contribution >= 0.6 is 0 Å². The lowest BCUT2D eigenvalue weighted by Gasteiger charge is -2.18. The zero-order valence-electron chi connectivity index (χ0n) is 6.95. The van der Waals surface area contributed by atoms with Gasteiger partial charge < -0.3 is 20.4 Å². The van der Waals surface area contributed by atoms with Crippen LogP contribution in [0.1, 0.15) is 18.4 Å². The first-order valence-electron chi connectivity index (χ1n) is 3.70. The number of aliphatic hydroxyl groups is 2. The van der Waals surface area contributed by atoms with Crippen molar-refractivity contribution >= 4 is 0 Å². The van der Waals surface area contributed by atoms with E-state index >= 15 is 0 Å². The molecule has 0 aliphatic rings. The molecule has 4 heteroatoms. The van der Waals surface area contributed by atoms with Gasteiger partial charge in [0.1, 0.15) is 18.1 Å². The summed E-state index contributed by atoms with van der Waals surface area (Å²) in [6.07, 6.45) is 0. The Bertz CT molecular complexity index is 255. The van der Waals surface area contributed by atoms with Crippen LogP contribution in [0.2, 0.25) is 0 Å². The van der Waals surface area contributed by atoms with Gasteiger partial charge in [0.2, 0.25) is 0 Å². The predicted molar refractivity (Wildman–Crippen MR) is 43.3 cm³/mol. The first-order chi connectivity index (χ1) is 5.60. The molecule has 0 saturated carbocycles. The molecule has 0 aromatic carbocycles. The lowest BCUT2D eigenvalue weighted by atomic mass is 10.0. The molecule has 4 nitrogen and oxygen atoms in total. The van der Waals surface area contributed by atoms with Crippen molar-refractivity contribution in [1.29, 1.82) is 0 Å². The van der Waals surface area contributed by atoms with Gasteiger partial charge in [0, 0.05) is 0 Å². The Labute approximate surface area is 70.6 Å². The van der Waals surface area contributed by atoms with Crippen LogP contribution in [-0.4, -0.2) is 16.8 Å². The molecule has 1 aromatic rings. The third kappa shape index (κ3) is 1.66. The van der Waals surface area contributed by atoms with E-state index in [4.69, 9.17) is 20.4 Å². The van der Waals surface area contributed by atoms with Crippen molar-refractivity contribution in [2.45, 2.75) is 19.1 Å². The standard InChI is InChI=1S/C8H13NO3/c1-8(9,5-11)7-3-2-6(4-10)12-7/h2-3,10-11H,4-5,9H2,1H3/t8-/m1/s1. The quantitative estimate of drug-likeness (QED) is 0.595. The molecule has 0 radical (unpaired) electrons. The van der Waals surface area contributed by atoms with E-state index in [1.54, 1.807) is 19.1 Å². The van der Waals surface area contributed by atoms with Crippen LogP contribution in [0.15, 0.2) is 16.5 Å². The second-order valence-electron chi connectivity index (χ2n) is 3.00. The number of nitrogens with two attached hydrogens (primary N) is 1. The summed E-state index contributed by atoms with van der Waals surface area (Å²) in [7, 11) is 0. The van der Waals surface area contributed by atoms with Crippen molar-refractivity contribution < 1.29 is 14.6 Å². The van der Waals surface area contributed by atoms with Crippen LogP contribution in [0.25, 0.3) is 0 Å². The van der Waals surface area contributed by atoms with Crippen molar-refractivity contribution in [3.05, 3.63) is 23.7 Å². The van der Waals surface area contributed by atoms with Crippen LogP contribution < -0.4 is 5.73 Å². The Morgan fingerprint density at radius 3 is 2.58 bits per heavy atom. The molecule has 0 aliphatic heterocycles. The number of hydrogen-bond donors (Lipinski definition) is 3. The number of rotatable bonds is 3. The SMILES string of the molecule is C[C@@](N)(CO)c1ccc(CO)o1. The molecule has 0 spiro atoms. The molecule has 1 heterocycles. The summed E-state index contributed by atoms with van der Waals surface area (Å²) >= 11 is 0. The molecule has 1 rings (SSSR count). The predicted octanol–water partition coefficient (Wildman–Crippen LogP) is -0.0619. The van der Waals surface area contributed by atoms with Crippen molar-refractivity contribution in [2.24, 2.45) is 5.73 Å². The maximum atomic E-state index is 8.88. The molecule has 0 unspecified atom stereocenters. The molecule has 4 N–H and O–H groups in total. The third-order valence-corrected chi connectivity index (χ3v) is 1.71. The average Bonchev–Trinajstić information content (AvgIpc) is 2.52. The highest BCUT2D eigenvalue weighted by molar-refractivity contribution is 5.14. The van der Waals surface area contributed by atoms with E-state index in [1.807, 2.05) is 0 Å². The van der Waals surface area contributed by atoms with Crippen LogP contribution in [-0.2, 0) is 12.1 Å². The molecule has 0 saturated heterocycles. The summed E-state index contributed by atoms with van der Waals surface area (Å²) in [6.45, 7) is 1.32. The normalized spacial score (nSPS) is 16.0. The zero-order chi connectivity index (χ0) is 9.19. The highest BCUT2D eigenvalue weighted by atomic mass is 16.4. The van der Waals surface area contributed by atoms with E-state index in [-0.39, 0.29) is 13.2 Å². The first kappa shape index (κ1) is 9.25. The van der Waals surface area contributed by atoms with E-state index in [2.05, 4.69) is 0 Å². The van der Waals surface area contributed by atoms with Crippen LogP contribution in [0.4, 0.5) is 0 Å². The van der Waals surface area contributed by atoms with Crippen molar-refractivity contribution in [3.63, 3.8) is 0 Å². The lowest BCUT2D eigenvalue weighted by molar-refractivity contribution is 0.178. The number of furan rings is 1. The second kappa shape index (κ2) is 3.26. The van der Waals surface area contributed by atoms with E-state index in [0.717, 1.165) is 0 Å². The first-order valence-corrected chi connectivity index (χ1v) is 3.70. The van der Waals surface area contributed by atoms with Gasteiger partial charge in [-0.3, -0.25) is 0 Å². The van der Waals surface area contributed by atoms with Gasteiger partial charge in [0.05, 0.1) is 12.1 Å². The van der Waals surface area contributed by atoms with Gasteiger partial charge in [-0.05, 0) is 19.1 Å². The van der Waals surface area contributed by atoms with Crippen molar-refractivity contribution in [2.75, 3.05) is 6.61 Å². The monoisotopic (exact) mass is 171 g/mol.